The quantitative estimate of drug-likeness (QED) is 0.905. The summed E-state index contributed by atoms with van der Waals surface area (Å²) < 4.78 is 5.31. The Morgan fingerprint density at radius 2 is 2.04 bits per heavy atom. The van der Waals surface area contributed by atoms with Crippen molar-refractivity contribution in [3.05, 3.63) is 34.9 Å². The fraction of sp³-hybridized carbons (Fsp3) is 0.588. The first-order valence-corrected chi connectivity index (χ1v) is 8.68. The third-order valence-electron chi connectivity index (χ3n) is 4.60. The molecule has 2 heterocycles. The molecule has 1 atom stereocenters. The van der Waals surface area contributed by atoms with Crippen molar-refractivity contribution in [2.24, 2.45) is 0 Å². The molecule has 0 spiro atoms. The molecule has 3 rings (SSSR count). The minimum absolute atomic E-state index is 0.227. The fourth-order valence-electron chi connectivity index (χ4n) is 3.28. The Labute approximate surface area is 142 Å². The number of morpholine rings is 1. The summed E-state index contributed by atoms with van der Waals surface area (Å²) in [6.07, 6.45) is 0.557. The minimum atomic E-state index is 0.227. The van der Waals surface area contributed by atoms with E-state index in [-0.39, 0.29) is 11.9 Å². The van der Waals surface area contributed by atoms with Gasteiger partial charge in [0, 0.05) is 56.8 Å². The highest BCUT2D eigenvalue weighted by atomic mass is 35.5. The first-order chi connectivity index (χ1) is 11.3. The lowest BCUT2D eigenvalue weighted by molar-refractivity contribution is -0.135. The van der Waals surface area contributed by atoms with Crippen LogP contribution in [0.5, 0.6) is 0 Å². The van der Waals surface area contributed by atoms with E-state index in [0.717, 1.165) is 36.8 Å². The molecule has 2 saturated heterocycles. The number of rotatable bonds is 4. The van der Waals surface area contributed by atoms with Crippen LogP contribution in [0.1, 0.15) is 18.0 Å². The Hall–Kier alpha value is -1.14. The number of nitrogens with zero attached hydrogens (tertiary/aromatic N) is 2. The van der Waals surface area contributed by atoms with Crippen molar-refractivity contribution in [1.29, 1.82) is 0 Å². The van der Waals surface area contributed by atoms with Crippen molar-refractivity contribution in [1.82, 2.24) is 15.1 Å². The van der Waals surface area contributed by atoms with Gasteiger partial charge in [-0.25, -0.2) is 0 Å². The van der Waals surface area contributed by atoms with Crippen molar-refractivity contribution in [3.63, 3.8) is 0 Å². The van der Waals surface area contributed by atoms with E-state index in [9.17, 15) is 4.79 Å². The van der Waals surface area contributed by atoms with Crippen LogP contribution in [0, 0.1) is 0 Å². The van der Waals surface area contributed by atoms with Crippen molar-refractivity contribution in [2.45, 2.75) is 12.5 Å². The van der Waals surface area contributed by atoms with Gasteiger partial charge in [0.1, 0.15) is 0 Å². The van der Waals surface area contributed by atoms with Gasteiger partial charge in [-0.05, 0) is 11.6 Å². The molecule has 0 aliphatic carbocycles. The smallest absolute Gasteiger partial charge is 0.224 e. The predicted octanol–water partition coefficient (Wildman–Crippen LogP) is 1.54. The van der Waals surface area contributed by atoms with E-state index < -0.39 is 0 Å². The number of hydrogen-bond acceptors (Lipinski definition) is 4. The van der Waals surface area contributed by atoms with Gasteiger partial charge in [0.2, 0.25) is 5.91 Å². The van der Waals surface area contributed by atoms with Gasteiger partial charge in [-0.3, -0.25) is 9.69 Å². The van der Waals surface area contributed by atoms with Crippen molar-refractivity contribution in [3.8, 4) is 0 Å². The van der Waals surface area contributed by atoms with Gasteiger partial charge >= 0.3 is 0 Å². The van der Waals surface area contributed by atoms with Crippen LogP contribution in [0.2, 0.25) is 5.02 Å². The van der Waals surface area contributed by atoms with E-state index in [2.05, 4.69) is 16.3 Å². The number of nitrogens with one attached hydrogen (secondary N) is 1. The second kappa shape index (κ2) is 8.11. The zero-order valence-electron chi connectivity index (χ0n) is 13.3. The number of ether oxygens (including phenoxy) is 1. The second-order valence-corrected chi connectivity index (χ2v) is 6.43. The van der Waals surface area contributed by atoms with E-state index >= 15 is 0 Å². The molecule has 0 bridgehead atoms. The molecule has 1 amide bonds. The van der Waals surface area contributed by atoms with Crippen molar-refractivity contribution >= 4 is 17.5 Å². The van der Waals surface area contributed by atoms with Crippen LogP contribution >= 0.6 is 11.6 Å². The zero-order valence-corrected chi connectivity index (χ0v) is 14.1. The number of carbonyl (C=O) groups excluding carboxylic acids is 1. The number of carbonyl (C=O) groups is 1. The maximum Gasteiger partial charge on any atom is 0.224 e. The van der Waals surface area contributed by atoms with E-state index in [4.69, 9.17) is 16.3 Å². The van der Waals surface area contributed by atoms with Crippen LogP contribution in [-0.2, 0) is 9.53 Å². The lowest BCUT2D eigenvalue weighted by atomic mass is 10.0. The molecule has 2 aliphatic heterocycles. The highest BCUT2D eigenvalue weighted by molar-refractivity contribution is 6.31. The Morgan fingerprint density at radius 3 is 2.83 bits per heavy atom. The molecule has 23 heavy (non-hydrogen) atoms. The lowest BCUT2D eigenvalue weighted by Gasteiger charge is -2.37. The van der Waals surface area contributed by atoms with Crippen LogP contribution < -0.4 is 5.32 Å². The third kappa shape index (κ3) is 4.23. The maximum absolute atomic E-state index is 12.4. The maximum atomic E-state index is 12.4. The van der Waals surface area contributed by atoms with Gasteiger partial charge in [0.25, 0.3) is 0 Å². The molecular weight excluding hydrogens is 314 g/mol. The molecule has 5 nitrogen and oxygen atoms in total. The standard InChI is InChI=1S/C17H24ClN3O2/c18-15-4-2-1-3-14(15)16-13-19-6-8-20(16)7-5-17(22)21-9-11-23-12-10-21/h1-4,16,19H,5-13H2. The van der Waals surface area contributed by atoms with Crippen LogP contribution in [-0.4, -0.2) is 68.2 Å². The summed E-state index contributed by atoms with van der Waals surface area (Å²) >= 11 is 6.36. The Kier molecular flexibility index (Phi) is 5.89. The highest BCUT2D eigenvalue weighted by Crippen LogP contribution is 2.28. The summed E-state index contributed by atoms with van der Waals surface area (Å²) in [6.45, 7) is 6.27. The molecule has 0 radical (unpaired) electrons. The molecule has 2 aliphatic rings. The van der Waals surface area contributed by atoms with Gasteiger partial charge in [-0.15, -0.1) is 0 Å². The SMILES string of the molecule is O=C(CCN1CCNCC1c1ccccc1Cl)N1CCOCC1. The number of halogens is 1. The number of benzene rings is 1. The Balaban J connectivity index is 1.60. The molecule has 0 aromatic heterocycles. The van der Waals surface area contributed by atoms with Crippen LogP contribution in [0.15, 0.2) is 24.3 Å². The predicted molar refractivity (Wildman–Crippen MR) is 90.7 cm³/mol. The molecular formula is C17H24ClN3O2. The highest BCUT2D eigenvalue weighted by Gasteiger charge is 2.26. The van der Waals surface area contributed by atoms with E-state index in [1.165, 1.54) is 0 Å². The third-order valence-corrected chi connectivity index (χ3v) is 4.94. The summed E-state index contributed by atoms with van der Waals surface area (Å²) in [5.74, 6) is 0.227. The Morgan fingerprint density at radius 1 is 1.26 bits per heavy atom. The average Bonchev–Trinajstić information content (AvgIpc) is 2.61. The molecule has 2 fully saturated rings. The van der Waals surface area contributed by atoms with E-state index in [0.29, 0.717) is 32.7 Å². The topological polar surface area (TPSA) is 44.8 Å². The monoisotopic (exact) mass is 337 g/mol. The first-order valence-electron chi connectivity index (χ1n) is 8.30. The summed E-state index contributed by atoms with van der Waals surface area (Å²) in [6, 6.07) is 8.22. The van der Waals surface area contributed by atoms with E-state index in [1.54, 1.807) is 0 Å². The molecule has 1 unspecified atom stereocenters. The molecule has 6 heteroatoms. The zero-order chi connectivity index (χ0) is 16.1. The van der Waals surface area contributed by atoms with Gasteiger partial charge in [-0.2, -0.15) is 0 Å². The normalized spacial score (nSPS) is 23.0. The molecule has 1 N–H and O–H groups in total. The molecule has 1 aromatic rings. The van der Waals surface area contributed by atoms with Crippen LogP contribution in [0.25, 0.3) is 0 Å². The first kappa shape index (κ1) is 16.7. The summed E-state index contributed by atoms with van der Waals surface area (Å²) in [5.41, 5.74) is 1.14. The minimum Gasteiger partial charge on any atom is -0.378 e. The van der Waals surface area contributed by atoms with Gasteiger partial charge in [-0.1, -0.05) is 29.8 Å². The van der Waals surface area contributed by atoms with Gasteiger partial charge in [0.15, 0.2) is 0 Å². The van der Waals surface area contributed by atoms with Gasteiger partial charge < -0.3 is 15.0 Å². The lowest BCUT2D eigenvalue weighted by Crippen LogP contribution is -2.48. The van der Waals surface area contributed by atoms with Gasteiger partial charge in [0.05, 0.1) is 13.2 Å². The molecule has 1 aromatic carbocycles. The summed E-state index contributed by atoms with van der Waals surface area (Å²) in [4.78, 5) is 16.6. The number of hydrogen-bond donors (Lipinski definition) is 1. The van der Waals surface area contributed by atoms with E-state index in [1.807, 2.05) is 23.1 Å². The largest absolute Gasteiger partial charge is 0.378 e. The van der Waals surface area contributed by atoms with Crippen LogP contribution in [0.3, 0.4) is 0 Å². The average molecular weight is 338 g/mol. The summed E-state index contributed by atoms with van der Waals surface area (Å²) in [5, 5.41) is 4.23. The van der Waals surface area contributed by atoms with Crippen LogP contribution in [0.4, 0.5) is 0 Å². The number of amides is 1. The van der Waals surface area contributed by atoms with Crippen molar-refractivity contribution < 1.29 is 9.53 Å². The molecule has 0 saturated carbocycles. The summed E-state index contributed by atoms with van der Waals surface area (Å²) in [7, 11) is 0. The fourth-order valence-corrected chi connectivity index (χ4v) is 3.54. The second-order valence-electron chi connectivity index (χ2n) is 6.02. The number of piperazine rings is 1. The Bertz CT molecular complexity index is 534. The molecule has 126 valence electrons. The van der Waals surface area contributed by atoms with Crippen molar-refractivity contribution in [2.75, 3.05) is 52.5 Å².